The lowest BCUT2D eigenvalue weighted by molar-refractivity contribution is -0.120. The number of imide groups is 1. The Morgan fingerprint density at radius 3 is 2.35 bits per heavy atom. The van der Waals surface area contributed by atoms with Gasteiger partial charge in [-0.15, -0.1) is 0 Å². The maximum absolute atomic E-state index is 13.3. The zero-order valence-electron chi connectivity index (χ0n) is 14.6. The van der Waals surface area contributed by atoms with Gasteiger partial charge in [0, 0.05) is 5.56 Å². The average molecular weight is 352 g/mol. The zero-order chi connectivity index (χ0) is 19.1. The van der Waals surface area contributed by atoms with Gasteiger partial charge in [0.25, 0.3) is 5.91 Å². The summed E-state index contributed by atoms with van der Waals surface area (Å²) < 4.78 is 18.7. The number of anilines is 1. The van der Waals surface area contributed by atoms with E-state index in [1.807, 2.05) is 6.07 Å². The minimum atomic E-state index is -1.73. The molecule has 0 fully saturated rings. The van der Waals surface area contributed by atoms with Crippen LogP contribution in [0, 0.1) is 17.1 Å². The van der Waals surface area contributed by atoms with Crippen LogP contribution in [0.1, 0.15) is 31.9 Å². The second kappa shape index (κ2) is 5.95. The quantitative estimate of drug-likeness (QED) is 0.780. The van der Waals surface area contributed by atoms with Gasteiger partial charge < -0.3 is 4.74 Å². The number of ether oxygens (including phenoxy) is 1. The highest BCUT2D eigenvalue weighted by Crippen LogP contribution is 2.46. The molecule has 2 aromatic rings. The topological polar surface area (TPSA) is 70.4 Å². The largest absolute Gasteiger partial charge is 0.443 e. The van der Waals surface area contributed by atoms with Crippen molar-refractivity contribution in [3.05, 3.63) is 65.5 Å². The Bertz CT molecular complexity index is 925. The molecule has 1 heterocycles. The number of carbonyl (C=O) groups is 2. The van der Waals surface area contributed by atoms with E-state index in [0.29, 0.717) is 11.1 Å². The average Bonchev–Trinajstić information content (AvgIpc) is 2.83. The molecule has 0 aromatic heterocycles. The summed E-state index contributed by atoms with van der Waals surface area (Å²) in [6, 6.07) is 13.7. The fourth-order valence-corrected chi connectivity index (χ4v) is 3.02. The van der Waals surface area contributed by atoms with E-state index >= 15 is 0 Å². The number of halogens is 1. The van der Waals surface area contributed by atoms with Crippen molar-refractivity contribution in [2.45, 2.75) is 31.8 Å². The van der Waals surface area contributed by atoms with E-state index in [0.717, 1.165) is 4.90 Å². The van der Waals surface area contributed by atoms with Gasteiger partial charge in [-0.25, -0.2) is 14.1 Å². The summed E-state index contributed by atoms with van der Waals surface area (Å²) in [6.45, 7) is 5.07. The summed E-state index contributed by atoms with van der Waals surface area (Å²) in [6.07, 6.45) is -0.853. The molecule has 1 atom stereocenters. The molecule has 3 rings (SSSR count). The third-order valence-corrected chi connectivity index (χ3v) is 4.09. The molecule has 132 valence electrons. The first-order valence-electron chi connectivity index (χ1n) is 8.05. The lowest BCUT2D eigenvalue weighted by atomic mass is 9.77. The standard InChI is InChI=1S/C20H17FN2O3/c1-19(2,3)26-18(25)23-16-7-5-4-6-15(16)20(12-22,17(23)24)13-8-10-14(21)11-9-13/h4-11H,1-3H3/t20-/m1/s1. The van der Waals surface area contributed by atoms with Gasteiger partial charge in [0.1, 0.15) is 11.4 Å². The summed E-state index contributed by atoms with van der Waals surface area (Å²) in [5, 5.41) is 9.95. The predicted octanol–water partition coefficient (Wildman–Crippen LogP) is 3.92. The Balaban J connectivity index is 2.19. The summed E-state index contributed by atoms with van der Waals surface area (Å²) in [7, 11) is 0. The number of fused-ring (bicyclic) bond motifs is 1. The van der Waals surface area contributed by atoms with Crippen molar-refractivity contribution < 1.29 is 18.7 Å². The maximum Gasteiger partial charge on any atom is 0.421 e. The van der Waals surface area contributed by atoms with Crippen molar-refractivity contribution in [1.82, 2.24) is 0 Å². The molecule has 0 aliphatic carbocycles. The van der Waals surface area contributed by atoms with Crippen LogP contribution < -0.4 is 4.90 Å². The van der Waals surface area contributed by atoms with E-state index in [1.54, 1.807) is 45.0 Å². The van der Waals surface area contributed by atoms with Crippen molar-refractivity contribution in [1.29, 1.82) is 5.26 Å². The van der Waals surface area contributed by atoms with Gasteiger partial charge in [-0.2, -0.15) is 5.26 Å². The molecular formula is C20H17FN2O3. The van der Waals surface area contributed by atoms with Crippen molar-refractivity contribution in [3.63, 3.8) is 0 Å². The molecular weight excluding hydrogens is 335 g/mol. The number of rotatable bonds is 1. The number of nitriles is 1. The van der Waals surface area contributed by atoms with Crippen LogP contribution >= 0.6 is 0 Å². The van der Waals surface area contributed by atoms with Crippen LogP contribution in [0.25, 0.3) is 0 Å². The molecule has 26 heavy (non-hydrogen) atoms. The second-order valence-electron chi connectivity index (χ2n) is 7.01. The highest BCUT2D eigenvalue weighted by molar-refractivity contribution is 6.23. The van der Waals surface area contributed by atoms with Gasteiger partial charge in [0.15, 0.2) is 5.41 Å². The van der Waals surface area contributed by atoms with E-state index in [2.05, 4.69) is 0 Å². The van der Waals surface area contributed by atoms with Gasteiger partial charge in [0.2, 0.25) is 0 Å². The third kappa shape index (κ3) is 2.62. The Kier molecular flexibility index (Phi) is 4.03. The fourth-order valence-electron chi connectivity index (χ4n) is 3.02. The van der Waals surface area contributed by atoms with E-state index in [-0.39, 0.29) is 5.69 Å². The molecule has 0 saturated carbocycles. The van der Waals surface area contributed by atoms with E-state index in [4.69, 9.17) is 4.74 Å². The maximum atomic E-state index is 13.3. The van der Waals surface area contributed by atoms with Gasteiger partial charge in [-0.05, 0) is 44.5 Å². The Morgan fingerprint density at radius 1 is 1.15 bits per heavy atom. The molecule has 2 aromatic carbocycles. The first-order valence-corrected chi connectivity index (χ1v) is 8.05. The summed E-state index contributed by atoms with van der Waals surface area (Å²) in [5.41, 5.74) is -1.59. The number of hydrogen-bond acceptors (Lipinski definition) is 4. The molecule has 1 aliphatic rings. The van der Waals surface area contributed by atoms with Crippen LogP contribution in [0.2, 0.25) is 0 Å². The van der Waals surface area contributed by atoms with E-state index in [9.17, 15) is 19.2 Å². The lowest BCUT2D eigenvalue weighted by Crippen LogP contribution is -2.45. The van der Waals surface area contributed by atoms with E-state index < -0.39 is 28.8 Å². The van der Waals surface area contributed by atoms with Gasteiger partial charge >= 0.3 is 6.09 Å². The summed E-state index contributed by atoms with van der Waals surface area (Å²) in [4.78, 5) is 26.8. The van der Waals surface area contributed by atoms with Gasteiger partial charge in [-0.3, -0.25) is 4.79 Å². The van der Waals surface area contributed by atoms with Crippen LogP contribution in [0.15, 0.2) is 48.5 Å². The molecule has 2 amide bonds. The first kappa shape index (κ1) is 17.6. The highest BCUT2D eigenvalue weighted by atomic mass is 19.1. The van der Waals surface area contributed by atoms with Gasteiger partial charge in [-0.1, -0.05) is 30.3 Å². The minimum Gasteiger partial charge on any atom is -0.443 e. The van der Waals surface area contributed by atoms with Crippen LogP contribution in [-0.2, 0) is 14.9 Å². The number of nitrogens with zero attached hydrogens (tertiary/aromatic N) is 2. The Morgan fingerprint density at radius 2 is 1.77 bits per heavy atom. The molecule has 0 radical (unpaired) electrons. The smallest absolute Gasteiger partial charge is 0.421 e. The minimum absolute atomic E-state index is 0.289. The fraction of sp³-hybridized carbons (Fsp3) is 0.250. The zero-order valence-corrected chi connectivity index (χ0v) is 14.6. The number of benzene rings is 2. The van der Waals surface area contributed by atoms with Crippen LogP contribution in [0.3, 0.4) is 0 Å². The third-order valence-electron chi connectivity index (χ3n) is 4.09. The highest BCUT2D eigenvalue weighted by Gasteiger charge is 2.55. The molecule has 0 spiro atoms. The van der Waals surface area contributed by atoms with Crippen LogP contribution in [0.4, 0.5) is 14.9 Å². The molecule has 6 heteroatoms. The summed E-state index contributed by atoms with van der Waals surface area (Å²) >= 11 is 0. The lowest BCUT2D eigenvalue weighted by Gasteiger charge is -2.25. The molecule has 0 unspecified atom stereocenters. The molecule has 0 N–H and O–H groups in total. The SMILES string of the molecule is CC(C)(C)OC(=O)N1C(=O)[C@](C#N)(c2ccc(F)cc2)c2ccccc21. The number of amides is 2. The van der Waals surface area contributed by atoms with Crippen LogP contribution in [-0.4, -0.2) is 17.6 Å². The van der Waals surface area contributed by atoms with Crippen molar-refractivity contribution in [2.24, 2.45) is 0 Å². The van der Waals surface area contributed by atoms with E-state index in [1.165, 1.54) is 24.3 Å². The van der Waals surface area contributed by atoms with Crippen LogP contribution in [0.5, 0.6) is 0 Å². The molecule has 5 nitrogen and oxygen atoms in total. The number of carbonyl (C=O) groups excluding carboxylic acids is 2. The first-order chi connectivity index (χ1) is 12.2. The molecule has 1 aliphatic heterocycles. The number of hydrogen-bond donors (Lipinski definition) is 0. The second-order valence-corrected chi connectivity index (χ2v) is 7.01. The molecule has 0 saturated heterocycles. The normalized spacial score (nSPS) is 19.0. The summed E-state index contributed by atoms with van der Waals surface area (Å²) in [5.74, 6) is -1.22. The number of para-hydroxylation sites is 1. The monoisotopic (exact) mass is 352 g/mol. The van der Waals surface area contributed by atoms with Crippen molar-refractivity contribution >= 4 is 17.7 Å². The molecule has 0 bridgehead atoms. The van der Waals surface area contributed by atoms with Crippen molar-refractivity contribution in [3.8, 4) is 6.07 Å². The van der Waals surface area contributed by atoms with Crippen molar-refractivity contribution in [2.75, 3.05) is 4.90 Å². The predicted molar refractivity (Wildman–Crippen MR) is 93.0 cm³/mol. The Hall–Kier alpha value is -3.20. The van der Waals surface area contributed by atoms with Gasteiger partial charge in [0.05, 0.1) is 11.8 Å². The Labute approximate surface area is 150 Å².